The molecule has 1 heterocycles. The fraction of sp³-hybridized carbons (Fsp3) is 0.250. The molecule has 0 spiro atoms. The quantitative estimate of drug-likeness (QED) is 0.623. The zero-order valence-corrected chi connectivity index (χ0v) is 13.5. The summed E-state index contributed by atoms with van der Waals surface area (Å²) in [6.45, 7) is 3.97. The number of rotatable bonds is 6. The fourth-order valence-electron chi connectivity index (χ4n) is 1.84. The molecule has 4 nitrogen and oxygen atoms in total. The predicted octanol–water partition coefficient (Wildman–Crippen LogP) is 2.67. The van der Waals surface area contributed by atoms with Crippen molar-refractivity contribution >= 4 is 21.8 Å². The minimum absolute atomic E-state index is 0.0441. The molecule has 21 heavy (non-hydrogen) atoms. The van der Waals surface area contributed by atoms with Gasteiger partial charge < -0.3 is 10.6 Å². The normalized spacial score (nSPS) is 10.4. The third kappa shape index (κ3) is 5.28. The first-order valence-electron chi connectivity index (χ1n) is 6.82. The van der Waals surface area contributed by atoms with Crippen molar-refractivity contribution in [1.82, 2.24) is 15.6 Å². The smallest absolute Gasteiger partial charge is 0.251 e. The molecule has 110 valence electrons. The van der Waals surface area contributed by atoms with Gasteiger partial charge in [-0.25, -0.2) is 4.98 Å². The summed E-state index contributed by atoms with van der Waals surface area (Å²) in [6.07, 6.45) is 0. The SMILES string of the molecule is Cc1ccc(C(=O)NCCNCc2cccc(Br)n2)cc1. The summed E-state index contributed by atoms with van der Waals surface area (Å²) in [5, 5.41) is 6.13. The fourth-order valence-corrected chi connectivity index (χ4v) is 2.22. The first kappa shape index (κ1) is 15.7. The number of pyridine rings is 1. The van der Waals surface area contributed by atoms with Crippen LogP contribution in [0.3, 0.4) is 0 Å². The van der Waals surface area contributed by atoms with Gasteiger partial charge in [-0.3, -0.25) is 4.79 Å². The zero-order chi connectivity index (χ0) is 15.1. The van der Waals surface area contributed by atoms with Gasteiger partial charge in [0.1, 0.15) is 4.60 Å². The van der Waals surface area contributed by atoms with Crippen LogP contribution in [0.15, 0.2) is 47.1 Å². The summed E-state index contributed by atoms with van der Waals surface area (Å²) < 4.78 is 0.828. The van der Waals surface area contributed by atoms with E-state index in [0.717, 1.165) is 15.9 Å². The van der Waals surface area contributed by atoms with Crippen LogP contribution in [-0.4, -0.2) is 24.0 Å². The van der Waals surface area contributed by atoms with E-state index in [-0.39, 0.29) is 5.91 Å². The van der Waals surface area contributed by atoms with Gasteiger partial charge in [-0.1, -0.05) is 23.8 Å². The Morgan fingerprint density at radius 2 is 1.90 bits per heavy atom. The highest BCUT2D eigenvalue weighted by atomic mass is 79.9. The van der Waals surface area contributed by atoms with Crippen molar-refractivity contribution in [3.63, 3.8) is 0 Å². The van der Waals surface area contributed by atoms with Gasteiger partial charge in [0.2, 0.25) is 0 Å². The van der Waals surface area contributed by atoms with Crippen LogP contribution in [0.4, 0.5) is 0 Å². The number of carbonyl (C=O) groups is 1. The van der Waals surface area contributed by atoms with Gasteiger partial charge in [-0.15, -0.1) is 0 Å². The van der Waals surface area contributed by atoms with Crippen LogP contribution < -0.4 is 10.6 Å². The summed E-state index contributed by atoms with van der Waals surface area (Å²) in [5.41, 5.74) is 2.80. The Bertz CT molecular complexity index is 599. The molecule has 0 aliphatic rings. The first-order chi connectivity index (χ1) is 10.1. The van der Waals surface area contributed by atoms with Crippen LogP contribution in [-0.2, 0) is 6.54 Å². The first-order valence-corrected chi connectivity index (χ1v) is 7.61. The lowest BCUT2D eigenvalue weighted by Gasteiger charge is -2.07. The summed E-state index contributed by atoms with van der Waals surface area (Å²) in [5.74, 6) is -0.0441. The topological polar surface area (TPSA) is 54.0 Å². The molecule has 0 saturated carbocycles. The van der Waals surface area contributed by atoms with Crippen molar-refractivity contribution in [2.75, 3.05) is 13.1 Å². The average Bonchev–Trinajstić information content (AvgIpc) is 2.47. The standard InChI is InChI=1S/C16H18BrN3O/c1-12-5-7-13(8-6-12)16(21)19-10-9-18-11-14-3-2-4-15(17)20-14/h2-8,18H,9-11H2,1H3,(H,19,21). The molecule has 0 aliphatic heterocycles. The maximum atomic E-state index is 11.9. The molecule has 1 amide bonds. The molecule has 2 N–H and O–H groups in total. The number of carbonyl (C=O) groups excluding carboxylic acids is 1. The molecule has 2 rings (SSSR count). The van der Waals surface area contributed by atoms with E-state index in [1.165, 1.54) is 0 Å². The largest absolute Gasteiger partial charge is 0.351 e. The van der Waals surface area contributed by atoms with Crippen molar-refractivity contribution in [1.29, 1.82) is 0 Å². The highest BCUT2D eigenvalue weighted by molar-refractivity contribution is 9.10. The monoisotopic (exact) mass is 347 g/mol. The van der Waals surface area contributed by atoms with Crippen LogP contribution in [0, 0.1) is 6.92 Å². The lowest BCUT2D eigenvalue weighted by atomic mass is 10.1. The van der Waals surface area contributed by atoms with E-state index >= 15 is 0 Å². The zero-order valence-electron chi connectivity index (χ0n) is 11.9. The second-order valence-electron chi connectivity index (χ2n) is 4.75. The van der Waals surface area contributed by atoms with Crippen LogP contribution >= 0.6 is 15.9 Å². The molecule has 0 bridgehead atoms. The van der Waals surface area contributed by atoms with Crippen LogP contribution in [0.5, 0.6) is 0 Å². The molecule has 0 atom stereocenters. The number of amides is 1. The number of hydrogen-bond acceptors (Lipinski definition) is 3. The number of aromatic nitrogens is 1. The van der Waals surface area contributed by atoms with E-state index in [4.69, 9.17) is 0 Å². The molecule has 1 aromatic heterocycles. The highest BCUT2D eigenvalue weighted by Crippen LogP contribution is 2.05. The van der Waals surface area contributed by atoms with Crippen molar-refractivity contribution in [3.8, 4) is 0 Å². The number of hydrogen-bond donors (Lipinski definition) is 2. The van der Waals surface area contributed by atoms with Crippen LogP contribution in [0.1, 0.15) is 21.6 Å². The van der Waals surface area contributed by atoms with E-state index in [0.29, 0.717) is 25.2 Å². The van der Waals surface area contributed by atoms with Crippen molar-refractivity contribution < 1.29 is 4.79 Å². The number of benzene rings is 1. The number of halogens is 1. The molecular formula is C16H18BrN3O. The second-order valence-corrected chi connectivity index (χ2v) is 5.56. The lowest BCUT2D eigenvalue weighted by Crippen LogP contribution is -2.31. The Kier molecular flexibility index (Phi) is 5.90. The number of nitrogens with one attached hydrogen (secondary N) is 2. The molecular weight excluding hydrogens is 330 g/mol. The van der Waals surface area contributed by atoms with E-state index in [9.17, 15) is 4.79 Å². The summed E-state index contributed by atoms with van der Waals surface area (Å²) in [4.78, 5) is 16.2. The van der Waals surface area contributed by atoms with Gasteiger partial charge in [-0.2, -0.15) is 0 Å². The molecule has 0 saturated heterocycles. The van der Waals surface area contributed by atoms with E-state index in [1.807, 2.05) is 49.4 Å². The van der Waals surface area contributed by atoms with Gasteiger partial charge >= 0.3 is 0 Å². The Morgan fingerprint density at radius 1 is 1.14 bits per heavy atom. The molecule has 5 heteroatoms. The molecule has 0 aliphatic carbocycles. The minimum Gasteiger partial charge on any atom is -0.351 e. The third-order valence-corrected chi connectivity index (χ3v) is 3.42. The van der Waals surface area contributed by atoms with Crippen molar-refractivity contribution in [3.05, 3.63) is 63.9 Å². The van der Waals surface area contributed by atoms with Crippen molar-refractivity contribution in [2.24, 2.45) is 0 Å². The summed E-state index contributed by atoms with van der Waals surface area (Å²) in [6, 6.07) is 13.4. The molecule has 0 unspecified atom stereocenters. The van der Waals surface area contributed by atoms with E-state index < -0.39 is 0 Å². The van der Waals surface area contributed by atoms with E-state index in [2.05, 4.69) is 31.5 Å². The molecule has 0 fully saturated rings. The Morgan fingerprint density at radius 3 is 2.62 bits per heavy atom. The van der Waals surface area contributed by atoms with Gasteiger partial charge in [0.05, 0.1) is 5.69 Å². The van der Waals surface area contributed by atoms with Gasteiger partial charge in [0, 0.05) is 25.2 Å². The van der Waals surface area contributed by atoms with Gasteiger partial charge in [0.15, 0.2) is 0 Å². The predicted molar refractivity (Wildman–Crippen MR) is 87.2 cm³/mol. The molecule has 2 aromatic rings. The van der Waals surface area contributed by atoms with Gasteiger partial charge in [0.25, 0.3) is 5.91 Å². The maximum Gasteiger partial charge on any atom is 0.251 e. The van der Waals surface area contributed by atoms with Crippen LogP contribution in [0.2, 0.25) is 0 Å². The lowest BCUT2D eigenvalue weighted by molar-refractivity contribution is 0.0954. The Hall–Kier alpha value is -1.72. The maximum absolute atomic E-state index is 11.9. The van der Waals surface area contributed by atoms with Crippen LogP contribution in [0.25, 0.3) is 0 Å². The van der Waals surface area contributed by atoms with Crippen molar-refractivity contribution in [2.45, 2.75) is 13.5 Å². The second kappa shape index (κ2) is 7.90. The molecule has 1 aromatic carbocycles. The van der Waals surface area contributed by atoms with E-state index in [1.54, 1.807) is 0 Å². The number of aryl methyl sites for hydroxylation is 1. The summed E-state index contributed by atoms with van der Waals surface area (Å²) >= 11 is 3.34. The highest BCUT2D eigenvalue weighted by Gasteiger charge is 2.03. The Balaban J connectivity index is 1.68. The Labute approximate surface area is 133 Å². The number of nitrogens with zero attached hydrogens (tertiary/aromatic N) is 1. The van der Waals surface area contributed by atoms with Gasteiger partial charge in [-0.05, 0) is 47.1 Å². The summed E-state index contributed by atoms with van der Waals surface area (Å²) in [7, 11) is 0. The molecule has 0 radical (unpaired) electrons. The third-order valence-electron chi connectivity index (χ3n) is 2.98. The minimum atomic E-state index is -0.0441. The average molecular weight is 348 g/mol.